The average molecular weight is 281 g/mol. The lowest BCUT2D eigenvalue weighted by molar-refractivity contribution is 0.0608. The minimum absolute atomic E-state index is 0.381. The fraction of sp³-hybridized carbons (Fsp3) is 0.938. The zero-order chi connectivity index (χ0) is 14.3. The quantitative estimate of drug-likeness (QED) is 0.463. The Bertz CT molecular complexity index is 305. The molecule has 1 saturated heterocycles. The summed E-state index contributed by atoms with van der Waals surface area (Å²) in [7, 11) is 0. The molecule has 4 heteroatoms. The minimum atomic E-state index is 0.381. The molecule has 0 aromatic rings. The van der Waals surface area contributed by atoms with Crippen molar-refractivity contribution in [2.45, 2.75) is 58.3 Å². The van der Waals surface area contributed by atoms with Crippen LogP contribution in [0.3, 0.4) is 0 Å². The van der Waals surface area contributed by atoms with E-state index in [2.05, 4.69) is 11.8 Å². The molecule has 20 heavy (non-hydrogen) atoms. The lowest BCUT2D eigenvalue weighted by Crippen LogP contribution is -2.40. The highest BCUT2D eigenvalue weighted by atomic mass is 16.5. The van der Waals surface area contributed by atoms with Crippen molar-refractivity contribution in [1.82, 2.24) is 4.90 Å². The van der Waals surface area contributed by atoms with Crippen molar-refractivity contribution in [3.05, 3.63) is 0 Å². The maximum absolute atomic E-state index is 6.20. The fourth-order valence-electron chi connectivity index (χ4n) is 3.25. The van der Waals surface area contributed by atoms with Crippen LogP contribution in [0.5, 0.6) is 0 Å². The third-order valence-electron chi connectivity index (χ3n) is 4.90. The predicted molar refractivity (Wildman–Crippen MR) is 83.9 cm³/mol. The summed E-state index contributed by atoms with van der Waals surface area (Å²) in [6.45, 7) is 6.80. The van der Waals surface area contributed by atoms with Gasteiger partial charge in [-0.25, -0.2) is 0 Å². The van der Waals surface area contributed by atoms with Crippen molar-refractivity contribution < 1.29 is 4.74 Å². The first kappa shape index (κ1) is 15.6. The topological polar surface area (TPSA) is 50.9 Å². The van der Waals surface area contributed by atoms with Crippen LogP contribution in [0.25, 0.3) is 0 Å². The van der Waals surface area contributed by atoms with Gasteiger partial charge in [0.1, 0.15) is 0 Å². The summed E-state index contributed by atoms with van der Waals surface area (Å²) in [4.78, 5) is 7.01. The monoisotopic (exact) mass is 281 g/mol. The lowest BCUT2D eigenvalue weighted by Gasteiger charge is -2.41. The van der Waals surface area contributed by atoms with Crippen molar-refractivity contribution in [2.75, 3.05) is 32.8 Å². The molecule has 0 aromatic heterocycles. The summed E-state index contributed by atoms with van der Waals surface area (Å²) in [5.74, 6) is 0.773. The first-order chi connectivity index (χ1) is 9.76. The Kier molecular flexibility index (Phi) is 6.14. The molecule has 0 radical (unpaired) electrons. The molecule has 0 spiro atoms. The summed E-state index contributed by atoms with van der Waals surface area (Å²) in [5, 5.41) is 0. The number of guanidine groups is 1. The van der Waals surface area contributed by atoms with Gasteiger partial charge in [-0.2, -0.15) is 0 Å². The summed E-state index contributed by atoms with van der Waals surface area (Å²) < 4.78 is 5.51. The fourth-order valence-corrected chi connectivity index (χ4v) is 3.25. The molecule has 0 aromatic carbocycles. The normalized spacial score (nSPS) is 23.2. The number of nitrogens with zero attached hydrogens (tertiary/aromatic N) is 2. The van der Waals surface area contributed by atoms with Crippen molar-refractivity contribution in [2.24, 2.45) is 16.1 Å². The summed E-state index contributed by atoms with van der Waals surface area (Å²) >= 11 is 0. The minimum Gasteiger partial charge on any atom is -0.382 e. The van der Waals surface area contributed by atoms with Gasteiger partial charge in [0.15, 0.2) is 5.96 Å². The van der Waals surface area contributed by atoms with E-state index in [1.807, 2.05) is 0 Å². The van der Waals surface area contributed by atoms with Gasteiger partial charge in [-0.05, 0) is 44.4 Å². The lowest BCUT2D eigenvalue weighted by atomic mass is 9.67. The van der Waals surface area contributed by atoms with Crippen LogP contribution in [0.15, 0.2) is 4.99 Å². The standard InChI is InChI=1S/C16H31N3O/c1-2-20-13-10-16(8-7-9-16)14-18-15(17)19-11-5-3-4-6-12-19/h2-14H2,1H3,(H2,17,18). The first-order valence-corrected chi connectivity index (χ1v) is 8.38. The molecule has 1 aliphatic carbocycles. The van der Waals surface area contributed by atoms with E-state index in [1.165, 1.54) is 44.9 Å². The SMILES string of the molecule is CCOCCC1(CN=C(N)N2CCCCCC2)CCC1. The molecule has 116 valence electrons. The van der Waals surface area contributed by atoms with Crippen LogP contribution in [0.2, 0.25) is 0 Å². The first-order valence-electron chi connectivity index (χ1n) is 8.38. The molecule has 0 amide bonds. The zero-order valence-electron chi connectivity index (χ0n) is 13.1. The number of aliphatic imine (C=N–C) groups is 1. The maximum atomic E-state index is 6.20. The third kappa shape index (κ3) is 4.37. The second kappa shape index (κ2) is 7.87. The highest BCUT2D eigenvalue weighted by Crippen LogP contribution is 2.44. The number of nitrogens with two attached hydrogens (primary N) is 1. The van der Waals surface area contributed by atoms with Gasteiger partial charge in [0.25, 0.3) is 0 Å². The van der Waals surface area contributed by atoms with Crippen LogP contribution < -0.4 is 5.73 Å². The second-order valence-corrected chi connectivity index (χ2v) is 6.38. The highest BCUT2D eigenvalue weighted by molar-refractivity contribution is 5.78. The molecule has 0 atom stereocenters. The zero-order valence-corrected chi connectivity index (χ0v) is 13.1. The van der Waals surface area contributed by atoms with E-state index in [0.29, 0.717) is 5.41 Å². The van der Waals surface area contributed by atoms with Crippen LogP contribution in [0, 0.1) is 5.41 Å². The van der Waals surface area contributed by atoms with E-state index in [0.717, 1.165) is 45.2 Å². The number of ether oxygens (including phenoxy) is 1. The molecule has 2 N–H and O–H groups in total. The molecule has 2 fully saturated rings. The van der Waals surface area contributed by atoms with Crippen LogP contribution in [0.1, 0.15) is 58.3 Å². The van der Waals surface area contributed by atoms with Crippen molar-refractivity contribution in [1.29, 1.82) is 0 Å². The second-order valence-electron chi connectivity index (χ2n) is 6.38. The molecule has 4 nitrogen and oxygen atoms in total. The smallest absolute Gasteiger partial charge is 0.191 e. The molecule has 0 unspecified atom stereocenters. The number of hydrogen-bond acceptors (Lipinski definition) is 2. The molecule has 2 rings (SSSR count). The van der Waals surface area contributed by atoms with Crippen LogP contribution >= 0.6 is 0 Å². The molecular weight excluding hydrogens is 250 g/mol. The van der Waals surface area contributed by atoms with Crippen LogP contribution in [-0.2, 0) is 4.74 Å². The summed E-state index contributed by atoms with van der Waals surface area (Å²) in [6, 6.07) is 0. The van der Waals surface area contributed by atoms with Crippen LogP contribution in [0.4, 0.5) is 0 Å². The molecule has 1 saturated carbocycles. The van der Waals surface area contributed by atoms with E-state index < -0.39 is 0 Å². The molecule has 1 aliphatic heterocycles. The Morgan fingerprint density at radius 3 is 2.40 bits per heavy atom. The number of hydrogen-bond donors (Lipinski definition) is 1. The Morgan fingerprint density at radius 1 is 1.15 bits per heavy atom. The van der Waals surface area contributed by atoms with Crippen LogP contribution in [-0.4, -0.2) is 43.7 Å². The largest absolute Gasteiger partial charge is 0.382 e. The van der Waals surface area contributed by atoms with Crippen molar-refractivity contribution >= 4 is 5.96 Å². The maximum Gasteiger partial charge on any atom is 0.191 e. The van der Waals surface area contributed by atoms with E-state index in [1.54, 1.807) is 0 Å². The van der Waals surface area contributed by atoms with E-state index >= 15 is 0 Å². The Hall–Kier alpha value is -0.770. The van der Waals surface area contributed by atoms with Crippen molar-refractivity contribution in [3.63, 3.8) is 0 Å². The predicted octanol–water partition coefficient (Wildman–Crippen LogP) is 2.77. The van der Waals surface area contributed by atoms with Gasteiger partial charge in [-0.15, -0.1) is 0 Å². The van der Waals surface area contributed by atoms with Gasteiger partial charge < -0.3 is 15.4 Å². The van der Waals surface area contributed by atoms with Gasteiger partial charge in [0.2, 0.25) is 0 Å². The summed E-state index contributed by atoms with van der Waals surface area (Å²) in [5.41, 5.74) is 6.58. The molecular formula is C16H31N3O. The molecule has 2 aliphatic rings. The van der Waals surface area contributed by atoms with Gasteiger partial charge in [-0.3, -0.25) is 4.99 Å². The molecule has 0 bridgehead atoms. The highest BCUT2D eigenvalue weighted by Gasteiger charge is 2.36. The van der Waals surface area contributed by atoms with E-state index in [4.69, 9.17) is 15.5 Å². The Morgan fingerprint density at radius 2 is 1.85 bits per heavy atom. The third-order valence-corrected chi connectivity index (χ3v) is 4.90. The van der Waals surface area contributed by atoms with Gasteiger partial charge >= 0.3 is 0 Å². The van der Waals surface area contributed by atoms with Gasteiger partial charge in [0, 0.05) is 32.8 Å². The van der Waals surface area contributed by atoms with E-state index in [9.17, 15) is 0 Å². The Balaban J connectivity index is 1.82. The number of rotatable bonds is 6. The van der Waals surface area contributed by atoms with Crippen molar-refractivity contribution in [3.8, 4) is 0 Å². The van der Waals surface area contributed by atoms with Gasteiger partial charge in [-0.1, -0.05) is 19.3 Å². The molecule has 1 heterocycles. The van der Waals surface area contributed by atoms with Gasteiger partial charge in [0.05, 0.1) is 0 Å². The average Bonchev–Trinajstić information content (AvgIpc) is 2.69. The number of likely N-dealkylation sites (tertiary alicyclic amines) is 1. The summed E-state index contributed by atoms with van der Waals surface area (Å²) in [6.07, 6.45) is 10.2. The Labute approximate surface area is 123 Å². The van der Waals surface area contributed by atoms with E-state index in [-0.39, 0.29) is 0 Å².